The average molecular weight is 340 g/mol. The fourth-order valence-electron chi connectivity index (χ4n) is 3.47. The minimum absolute atomic E-state index is 0.168. The van der Waals surface area contributed by atoms with Crippen molar-refractivity contribution in [2.24, 2.45) is 7.05 Å². The summed E-state index contributed by atoms with van der Waals surface area (Å²) in [5.74, 6) is 1.27. The number of fused-ring (bicyclic) bond motifs is 2. The van der Waals surface area contributed by atoms with Crippen molar-refractivity contribution in [3.8, 4) is 0 Å². The molecular weight excluding hydrogens is 320 g/mol. The zero-order valence-electron chi connectivity index (χ0n) is 14.0. The van der Waals surface area contributed by atoms with Crippen LogP contribution in [0.4, 0.5) is 0 Å². The third-order valence-electron chi connectivity index (χ3n) is 4.82. The minimum atomic E-state index is -0.515. The number of aromatic nitrogens is 5. The number of nitrogens with zero attached hydrogens (tertiary/aromatic N) is 4. The number of carbonyl (C=O) groups is 1. The molecule has 25 heavy (non-hydrogen) atoms. The van der Waals surface area contributed by atoms with E-state index in [1.807, 2.05) is 35.9 Å². The van der Waals surface area contributed by atoms with Crippen LogP contribution in [0.1, 0.15) is 37.0 Å². The van der Waals surface area contributed by atoms with E-state index in [0.29, 0.717) is 25.2 Å². The Balaban J connectivity index is 1.55. The van der Waals surface area contributed by atoms with Gasteiger partial charge >= 0.3 is 5.69 Å². The minimum Gasteiger partial charge on any atom is -0.347 e. The quantitative estimate of drug-likeness (QED) is 0.744. The van der Waals surface area contributed by atoms with Gasteiger partial charge in [0.2, 0.25) is 5.91 Å². The van der Waals surface area contributed by atoms with Crippen LogP contribution in [-0.2, 0) is 24.8 Å². The second-order valence-corrected chi connectivity index (χ2v) is 6.37. The van der Waals surface area contributed by atoms with Gasteiger partial charge in [-0.15, -0.1) is 0 Å². The lowest BCUT2D eigenvalue weighted by Crippen LogP contribution is -2.37. The maximum absolute atomic E-state index is 12.7. The zero-order chi connectivity index (χ0) is 17.4. The van der Waals surface area contributed by atoms with Crippen molar-refractivity contribution in [3.63, 3.8) is 0 Å². The summed E-state index contributed by atoms with van der Waals surface area (Å²) in [6.07, 6.45) is 3.18. The number of aryl methyl sites for hydroxylation is 2. The molecule has 0 radical (unpaired) electrons. The summed E-state index contributed by atoms with van der Waals surface area (Å²) in [6.45, 7) is 0.322. The molecule has 1 aliphatic heterocycles. The van der Waals surface area contributed by atoms with E-state index in [2.05, 4.69) is 20.5 Å². The smallest absolute Gasteiger partial charge is 0.344 e. The molecule has 0 saturated carbocycles. The van der Waals surface area contributed by atoms with Crippen molar-refractivity contribution in [2.75, 3.05) is 0 Å². The fourth-order valence-corrected chi connectivity index (χ4v) is 3.47. The van der Waals surface area contributed by atoms with E-state index < -0.39 is 6.04 Å². The molecule has 8 heteroatoms. The van der Waals surface area contributed by atoms with Gasteiger partial charge in [-0.2, -0.15) is 5.10 Å². The Bertz CT molecular complexity index is 983. The van der Waals surface area contributed by atoms with E-state index in [9.17, 15) is 9.59 Å². The van der Waals surface area contributed by atoms with Crippen molar-refractivity contribution in [1.82, 2.24) is 29.6 Å². The van der Waals surface area contributed by atoms with Crippen LogP contribution >= 0.6 is 0 Å². The Morgan fingerprint density at radius 1 is 1.36 bits per heavy atom. The van der Waals surface area contributed by atoms with Crippen molar-refractivity contribution < 1.29 is 4.79 Å². The van der Waals surface area contributed by atoms with Crippen molar-refractivity contribution in [2.45, 2.75) is 38.3 Å². The van der Waals surface area contributed by atoms with Gasteiger partial charge in [-0.25, -0.2) is 14.9 Å². The van der Waals surface area contributed by atoms with E-state index in [-0.39, 0.29) is 11.6 Å². The summed E-state index contributed by atoms with van der Waals surface area (Å²) in [4.78, 5) is 29.3. The van der Waals surface area contributed by atoms with Crippen molar-refractivity contribution in [1.29, 1.82) is 0 Å². The molecule has 4 rings (SSSR count). The number of aromatic amines is 1. The maximum Gasteiger partial charge on any atom is 0.344 e. The molecule has 0 spiro atoms. The molecule has 8 nitrogen and oxygen atoms in total. The molecule has 0 bridgehead atoms. The number of hydrogen-bond donors (Lipinski definition) is 2. The van der Waals surface area contributed by atoms with E-state index in [0.717, 1.165) is 29.7 Å². The highest BCUT2D eigenvalue weighted by Crippen LogP contribution is 2.21. The van der Waals surface area contributed by atoms with Gasteiger partial charge in [-0.05, 0) is 25.0 Å². The van der Waals surface area contributed by atoms with Gasteiger partial charge in [0.05, 0.1) is 17.6 Å². The van der Waals surface area contributed by atoms with Crippen molar-refractivity contribution >= 4 is 16.9 Å². The van der Waals surface area contributed by atoms with Gasteiger partial charge in [0.1, 0.15) is 17.7 Å². The molecule has 1 amide bonds. The number of H-pyrrole nitrogens is 1. The predicted molar refractivity (Wildman–Crippen MR) is 92.0 cm³/mol. The molecule has 0 aliphatic carbocycles. The summed E-state index contributed by atoms with van der Waals surface area (Å²) >= 11 is 0. The number of imidazole rings is 1. The molecule has 0 saturated heterocycles. The van der Waals surface area contributed by atoms with Gasteiger partial charge in [0, 0.05) is 13.5 Å². The summed E-state index contributed by atoms with van der Waals surface area (Å²) < 4.78 is 3.47. The normalized spacial score (nSPS) is 17.2. The third-order valence-corrected chi connectivity index (χ3v) is 4.82. The summed E-state index contributed by atoms with van der Waals surface area (Å²) in [6, 6.07) is 7.33. The molecule has 1 aliphatic rings. The largest absolute Gasteiger partial charge is 0.347 e. The first-order chi connectivity index (χ1) is 12.1. The molecule has 3 aromatic rings. The molecule has 0 fully saturated rings. The number of amides is 1. The van der Waals surface area contributed by atoms with Crippen LogP contribution in [0.25, 0.3) is 11.0 Å². The predicted octanol–water partition coefficient (Wildman–Crippen LogP) is 1.04. The lowest BCUT2D eigenvalue weighted by Gasteiger charge is -2.16. The standard InChI is InChI=1S/C17H20N6O2/c1-22-12-7-3-2-6-11(12)19-15(22)10-18-16(24)13-8-4-5-9-14-20-21-17(25)23(13)14/h2-3,6-7,13H,4-5,8-10H2,1H3,(H,18,24)(H,21,25). The van der Waals surface area contributed by atoms with Gasteiger partial charge in [0.15, 0.2) is 0 Å². The van der Waals surface area contributed by atoms with Crippen molar-refractivity contribution in [3.05, 3.63) is 46.4 Å². The van der Waals surface area contributed by atoms with Crippen LogP contribution in [0.3, 0.4) is 0 Å². The lowest BCUT2D eigenvalue weighted by molar-refractivity contribution is -0.124. The van der Waals surface area contributed by atoms with Crippen LogP contribution in [-0.4, -0.2) is 30.2 Å². The molecule has 1 aromatic carbocycles. The highest BCUT2D eigenvalue weighted by Gasteiger charge is 2.27. The summed E-state index contributed by atoms with van der Waals surface area (Å²) in [7, 11) is 1.93. The first-order valence-electron chi connectivity index (χ1n) is 8.49. The van der Waals surface area contributed by atoms with Crippen LogP contribution < -0.4 is 11.0 Å². The molecule has 130 valence electrons. The molecule has 1 unspecified atom stereocenters. The van der Waals surface area contributed by atoms with Gasteiger partial charge in [-0.1, -0.05) is 18.6 Å². The Labute approximate surface area is 143 Å². The molecular formula is C17H20N6O2. The molecule has 1 atom stereocenters. The number of rotatable bonds is 3. The second-order valence-electron chi connectivity index (χ2n) is 6.37. The number of hydrogen-bond acceptors (Lipinski definition) is 4. The van der Waals surface area contributed by atoms with Gasteiger partial charge < -0.3 is 9.88 Å². The Hall–Kier alpha value is -2.90. The lowest BCUT2D eigenvalue weighted by atomic mass is 10.1. The SMILES string of the molecule is Cn1c(CNC(=O)C2CCCCc3n[nH]c(=O)n32)nc2ccccc21. The Kier molecular flexibility index (Phi) is 3.87. The first kappa shape index (κ1) is 15.6. The summed E-state index contributed by atoms with van der Waals surface area (Å²) in [5.41, 5.74) is 1.60. The fraction of sp³-hybridized carbons (Fsp3) is 0.412. The van der Waals surface area contributed by atoms with Gasteiger partial charge in [-0.3, -0.25) is 9.36 Å². The van der Waals surface area contributed by atoms with E-state index >= 15 is 0 Å². The van der Waals surface area contributed by atoms with E-state index in [1.54, 1.807) is 0 Å². The number of carbonyl (C=O) groups excluding carboxylic acids is 1. The van der Waals surface area contributed by atoms with Gasteiger partial charge in [0.25, 0.3) is 0 Å². The van der Waals surface area contributed by atoms with Crippen LogP contribution in [0.5, 0.6) is 0 Å². The molecule has 2 N–H and O–H groups in total. The third kappa shape index (κ3) is 2.73. The van der Waals surface area contributed by atoms with Crippen LogP contribution in [0, 0.1) is 0 Å². The zero-order valence-corrected chi connectivity index (χ0v) is 14.0. The maximum atomic E-state index is 12.7. The first-order valence-corrected chi connectivity index (χ1v) is 8.49. The van der Waals surface area contributed by atoms with E-state index in [4.69, 9.17) is 0 Å². The Morgan fingerprint density at radius 2 is 2.20 bits per heavy atom. The average Bonchev–Trinajstić information content (AvgIpc) is 3.05. The number of nitrogens with one attached hydrogen (secondary N) is 2. The second kappa shape index (κ2) is 6.19. The van der Waals surface area contributed by atoms with Crippen LogP contribution in [0.2, 0.25) is 0 Å². The Morgan fingerprint density at radius 3 is 3.04 bits per heavy atom. The van der Waals surface area contributed by atoms with Crippen LogP contribution in [0.15, 0.2) is 29.1 Å². The van der Waals surface area contributed by atoms with E-state index in [1.165, 1.54) is 4.57 Å². The monoisotopic (exact) mass is 340 g/mol. The highest BCUT2D eigenvalue weighted by atomic mass is 16.2. The summed E-state index contributed by atoms with van der Waals surface area (Å²) in [5, 5.41) is 9.42. The highest BCUT2D eigenvalue weighted by molar-refractivity contribution is 5.80. The number of para-hydroxylation sites is 2. The number of benzene rings is 1. The molecule has 3 heterocycles. The topological polar surface area (TPSA) is 97.6 Å². The molecule has 2 aromatic heterocycles.